The van der Waals surface area contributed by atoms with Crippen molar-refractivity contribution < 1.29 is 4.79 Å². The summed E-state index contributed by atoms with van der Waals surface area (Å²) < 4.78 is 0. The van der Waals surface area contributed by atoms with Crippen LogP contribution in [0.15, 0.2) is 48.5 Å². The third-order valence-corrected chi connectivity index (χ3v) is 3.19. The molecule has 19 heavy (non-hydrogen) atoms. The lowest BCUT2D eigenvalue weighted by Crippen LogP contribution is -2.25. The molecule has 2 aromatic rings. The molecule has 0 heterocycles. The lowest BCUT2D eigenvalue weighted by atomic mass is 10.1. The second-order valence-corrected chi connectivity index (χ2v) is 5.02. The molecule has 2 aromatic carbocycles. The molecular weight excluding hydrogens is 281 g/mol. The monoisotopic (exact) mass is 293 g/mol. The van der Waals surface area contributed by atoms with Crippen molar-refractivity contribution in [2.24, 2.45) is 0 Å². The number of carbonyl (C=O) groups is 1. The van der Waals surface area contributed by atoms with Crippen LogP contribution in [0.5, 0.6) is 0 Å². The van der Waals surface area contributed by atoms with Crippen molar-refractivity contribution in [3.05, 3.63) is 69.7 Å². The van der Waals surface area contributed by atoms with E-state index in [1.807, 2.05) is 24.3 Å². The van der Waals surface area contributed by atoms with Crippen LogP contribution in [0, 0.1) is 0 Å². The summed E-state index contributed by atoms with van der Waals surface area (Å²) in [4.78, 5) is 11.9. The third kappa shape index (κ3) is 4.27. The Labute approximate surface area is 122 Å². The summed E-state index contributed by atoms with van der Waals surface area (Å²) in [5.74, 6) is -0.114. The molecule has 0 aliphatic heterocycles. The van der Waals surface area contributed by atoms with Gasteiger partial charge in [-0.2, -0.15) is 0 Å². The quantitative estimate of drug-likeness (QED) is 0.908. The Morgan fingerprint density at radius 3 is 2.42 bits per heavy atom. The summed E-state index contributed by atoms with van der Waals surface area (Å²) in [7, 11) is 0. The first-order valence-electron chi connectivity index (χ1n) is 5.93. The molecular formula is C15H13Cl2NO. The van der Waals surface area contributed by atoms with Gasteiger partial charge in [0.25, 0.3) is 5.91 Å². The maximum Gasteiger partial charge on any atom is 0.251 e. The van der Waals surface area contributed by atoms with Crippen molar-refractivity contribution in [1.82, 2.24) is 5.32 Å². The highest BCUT2D eigenvalue weighted by Gasteiger charge is 2.04. The largest absolute Gasteiger partial charge is 0.352 e. The Morgan fingerprint density at radius 1 is 1.00 bits per heavy atom. The van der Waals surface area contributed by atoms with E-state index in [9.17, 15) is 4.79 Å². The van der Waals surface area contributed by atoms with Crippen LogP contribution in [0.1, 0.15) is 15.9 Å². The van der Waals surface area contributed by atoms with Gasteiger partial charge in [0.05, 0.1) is 0 Å². The average molecular weight is 294 g/mol. The Bertz CT molecular complexity index is 567. The SMILES string of the molecule is O=C(NCCc1ccc(Cl)cc1)c1cccc(Cl)c1. The molecule has 0 bridgehead atoms. The van der Waals surface area contributed by atoms with Crippen LogP contribution in [0.2, 0.25) is 10.0 Å². The van der Waals surface area contributed by atoms with Gasteiger partial charge in [0, 0.05) is 22.2 Å². The predicted octanol–water partition coefficient (Wildman–Crippen LogP) is 3.97. The van der Waals surface area contributed by atoms with Crippen molar-refractivity contribution in [1.29, 1.82) is 0 Å². The molecule has 0 aliphatic carbocycles. The van der Waals surface area contributed by atoms with E-state index in [0.717, 1.165) is 12.0 Å². The maximum atomic E-state index is 11.9. The number of hydrogen-bond acceptors (Lipinski definition) is 1. The van der Waals surface area contributed by atoms with Gasteiger partial charge in [0.1, 0.15) is 0 Å². The first-order valence-corrected chi connectivity index (χ1v) is 6.69. The van der Waals surface area contributed by atoms with Gasteiger partial charge in [0.2, 0.25) is 0 Å². The molecule has 98 valence electrons. The van der Waals surface area contributed by atoms with Crippen LogP contribution in [-0.2, 0) is 6.42 Å². The van der Waals surface area contributed by atoms with E-state index in [1.165, 1.54) is 0 Å². The second-order valence-electron chi connectivity index (χ2n) is 4.14. The Kier molecular flexibility index (Phi) is 4.83. The molecule has 2 rings (SSSR count). The van der Waals surface area contributed by atoms with Gasteiger partial charge < -0.3 is 5.32 Å². The van der Waals surface area contributed by atoms with Crippen molar-refractivity contribution in [2.75, 3.05) is 6.54 Å². The Balaban J connectivity index is 1.86. The van der Waals surface area contributed by atoms with Crippen molar-refractivity contribution in [2.45, 2.75) is 6.42 Å². The molecule has 0 saturated heterocycles. The molecule has 1 N–H and O–H groups in total. The Hall–Kier alpha value is -1.51. The molecule has 0 aliphatic rings. The topological polar surface area (TPSA) is 29.1 Å². The van der Waals surface area contributed by atoms with Crippen molar-refractivity contribution in [3.63, 3.8) is 0 Å². The lowest BCUT2D eigenvalue weighted by Gasteiger charge is -2.06. The molecule has 2 nitrogen and oxygen atoms in total. The first-order chi connectivity index (χ1) is 9.15. The lowest BCUT2D eigenvalue weighted by molar-refractivity contribution is 0.0954. The zero-order valence-corrected chi connectivity index (χ0v) is 11.7. The first kappa shape index (κ1) is 13.9. The average Bonchev–Trinajstić information content (AvgIpc) is 2.41. The minimum Gasteiger partial charge on any atom is -0.352 e. The van der Waals surface area contributed by atoms with Crippen LogP contribution in [0.3, 0.4) is 0 Å². The van der Waals surface area contributed by atoms with Crippen LogP contribution in [-0.4, -0.2) is 12.5 Å². The number of hydrogen-bond donors (Lipinski definition) is 1. The fourth-order valence-corrected chi connectivity index (χ4v) is 2.02. The summed E-state index contributed by atoms with van der Waals surface area (Å²) in [5.41, 5.74) is 1.71. The Morgan fingerprint density at radius 2 is 1.74 bits per heavy atom. The molecule has 0 fully saturated rings. The van der Waals surface area contributed by atoms with Gasteiger partial charge in [-0.1, -0.05) is 41.4 Å². The molecule has 0 saturated carbocycles. The van der Waals surface area contributed by atoms with Crippen molar-refractivity contribution in [3.8, 4) is 0 Å². The van der Waals surface area contributed by atoms with Crippen molar-refractivity contribution >= 4 is 29.1 Å². The van der Waals surface area contributed by atoms with E-state index >= 15 is 0 Å². The molecule has 0 aromatic heterocycles. The molecule has 4 heteroatoms. The maximum absolute atomic E-state index is 11.9. The third-order valence-electron chi connectivity index (χ3n) is 2.70. The summed E-state index contributed by atoms with van der Waals surface area (Å²) >= 11 is 11.6. The number of nitrogens with one attached hydrogen (secondary N) is 1. The van der Waals surface area contributed by atoms with E-state index < -0.39 is 0 Å². The van der Waals surface area contributed by atoms with Gasteiger partial charge >= 0.3 is 0 Å². The zero-order valence-electron chi connectivity index (χ0n) is 10.2. The second kappa shape index (κ2) is 6.60. The summed E-state index contributed by atoms with van der Waals surface area (Å²) in [6.07, 6.45) is 0.767. The minimum atomic E-state index is -0.114. The molecule has 0 atom stereocenters. The standard InChI is InChI=1S/C15H13Cl2NO/c16-13-6-4-11(5-7-13)8-9-18-15(19)12-2-1-3-14(17)10-12/h1-7,10H,8-9H2,(H,18,19). The van der Waals surface area contributed by atoms with E-state index in [0.29, 0.717) is 22.2 Å². The van der Waals surface area contributed by atoms with Gasteiger partial charge in [-0.15, -0.1) is 0 Å². The van der Waals surface area contributed by atoms with Gasteiger partial charge in [-0.25, -0.2) is 0 Å². The highest BCUT2D eigenvalue weighted by Crippen LogP contribution is 2.11. The fraction of sp³-hybridized carbons (Fsp3) is 0.133. The highest BCUT2D eigenvalue weighted by molar-refractivity contribution is 6.31. The normalized spacial score (nSPS) is 10.2. The van der Waals surface area contributed by atoms with E-state index in [2.05, 4.69) is 5.32 Å². The summed E-state index contributed by atoms with van der Waals surface area (Å²) in [6.45, 7) is 0.576. The number of carbonyl (C=O) groups excluding carboxylic acids is 1. The summed E-state index contributed by atoms with van der Waals surface area (Å²) in [6, 6.07) is 14.5. The van der Waals surface area contributed by atoms with Crippen LogP contribution >= 0.6 is 23.2 Å². The highest BCUT2D eigenvalue weighted by atomic mass is 35.5. The predicted molar refractivity (Wildman–Crippen MR) is 78.9 cm³/mol. The number of halogens is 2. The van der Waals surface area contributed by atoms with Gasteiger partial charge in [0.15, 0.2) is 0 Å². The van der Waals surface area contributed by atoms with Crippen LogP contribution < -0.4 is 5.32 Å². The fourth-order valence-electron chi connectivity index (χ4n) is 1.70. The van der Waals surface area contributed by atoms with Crippen LogP contribution in [0.4, 0.5) is 0 Å². The molecule has 0 unspecified atom stereocenters. The van der Waals surface area contributed by atoms with E-state index in [-0.39, 0.29) is 5.91 Å². The number of amides is 1. The van der Waals surface area contributed by atoms with E-state index in [1.54, 1.807) is 24.3 Å². The van der Waals surface area contributed by atoms with Gasteiger partial charge in [-0.3, -0.25) is 4.79 Å². The zero-order chi connectivity index (χ0) is 13.7. The number of rotatable bonds is 4. The smallest absolute Gasteiger partial charge is 0.251 e. The van der Waals surface area contributed by atoms with E-state index in [4.69, 9.17) is 23.2 Å². The van der Waals surface area contributed by atoms with Crippen LogP contribution in [0.25, 0.3) is 0 Å². The summed E-state index contributed by atoms with van der Waals surface area (Å²) in [5, 5.41) is 4.13. The molecule has 0 radical (unpaired) electrons. The number of benzene rings is 2. The molecule has 0 spiro atoms. The van der Waals surface area contributed by atoms with Gasteiger partial charge in [-0.05, 0) is 42.3 Å². The minimum absolute atomic E-state index is 0.114. The molecule has 1 amide bonds.